The summed E-state index contributed by atoms with van der Waals surface area (Å²) in [5, 5.41) is 1.17. The number of methoxy groups -OCH3 is 1. The number of ether oxygens (including phenoxy) is 1. The van der Waals surface area contributed by atoms with Gasteiger partial charge in [0.1, 0.15) is 5.75 Å². The summed E-state index contributed by atoms with van der Waals surface area (Å²) in [7, 11) is 1.57. The SMILES string of the molecule is COc1cc(Cl)c(C(N)C2C(C)(C)C2(C)C)cc1Cl. The smallest absolute Gasteiger partial charge is 0.138 e. The minimum atomic E-state index is -0.110. The summed E-state index contributed by atoms with van der Waals surface area (Å²) in [5.74, 6) is 0.971. The Morgan fingerprint density at radius 3 is 2.05 bits per heavy atom. The van der Waals surface area contributed by atoms with Gasteiger partial charge in [-0.25, -0.2) is 0 Å². The van der Waals surface area contributed by atoms with Gasteiger partial charge in [0, 0.05) is 17.1 Å². The van der Waals surface area contributed by atoms with Gasteiger partial charge in [0.2, 0.25) is 0 Å². The third-order valence-electron chi connectivity index (χ3n) is 5.12. The molecule has 2 nitrogen and oxygen atoms in total. The molecule has 0 amide bonds. The number of hydrogen-bond donors (Lipinski definition) is 1. The van der Waals surface area contributed by atoms with Gasteiger partial charge in [-0.3, -0.25) is 0 Å². The second-order valence-corrected chi connectivity index (χ2v) is 7.27. The molecule has 0 spiro atoms. The quantitative estimate of drug-likeness (QED) is 0.879. The van der Waals surface area contributed by atoms with Crippen molar-refractivity contribution in [1.29, 1.82) is 0 Å². The topological polar surface area (TPSA) is 35.2 Å². The molecule has 0 saturated heterocycles. The van der Waals surface area contributed by atoms with E-state index in [4.69, 9.17) is 33.7 Å². The fourth-order valence-electron chi connectivity index (χ4n) is 3.28. The van der Waals surface area contributed by atoms with Crippen LogP contribution in [0.25, 0.3) is 0 Å². The van der Waals surface area contributed by atoms with Gasteiger partial charge < -0.3 is 10.5 Å². The van der Waals surface area contributed by atoms with E-state index in [1.54, 1.807) is 13.2 Å². The highest BCUT2D eigenvalue weighted by Crippen LogP contribution is 2.72. The van der Waals surface area contributed by atoms with Gasteiger partial charge in [0.05, 0.1) is 12.1 Å². The second kappa shape index (κ2) is 4.54. The van der Waals surface area contributed by atoms with Crippen molar-refractivity contribution in [3.63, 3.8) is 0 Å². The van der Waals surface area contributed by atoms with Crippen molar-refractivity contribution in [2.24, 2.45) is 22.5 Å². The molecule has 1 atom stereocenters. The van der Waals surface area contributed by atoms with Crippen LogP contribution in [-0.4, -0.2) is 7.11 Å². The van der Waals surface area contributed by atoms with Gasteiger partial charge in [0.25, 0.3) is 0 Å². The van der Waals surface area contributed by atoms with Gasteiger partial charge >= 0.3 is 0 Å². The number of nitrogens with two attached hydrogens (primary N) is 1. The molecule has 0 heterocycles. The Labute approximate surface area is 125 Å². The third kappa shape index (κ3) is 2.14. The average Bonchev–Trinajstić information content (AvgIpc) is 2.71. The monoisotopic (exact) mass is 301 g/mol. The maximum Gasteiger partial charge on any atom is 0.138 e. The maximum absolute atomic E-state index is 6.43. The molecule has 0 bridgehead atoms. The fourth-order valence-corrected chi connectivity index (χ4v) is 3.81. The number of benzene rings is 1. The van der Waals surface area contributed by atoms with E-state index >= 15 is 0 Å². The Morgan fingerprint density at radius 1 is 1.11 bits per heavy atom. The van der Waals surface area contributed by atoms with Crippen LogP contribution in [0.5, 0.6) is 5.75 Å². The van der Waals surface area contributed by atoms with Crippen LogP contribution in [0.15, 0.2) is 12.1 Å². The second-order valence-electron chi connectivity index (χ2n) is 6.46. The lowest BCUT2D eigenvalue weighted by Crippen LogP contribution is -2.17. The summed E-state index contributed by atoms with van der Waals surface area (Å²) < 4.78 is 5.16. The summed E-state index contributed by atoms with van der Waals surface area (Å²) in [6, 6.07) is 3.46. The van der Waals surface area contributed by atoms with Gasteiger partial charge in [-0.05, 0) is 28.4 Å². The molecule has 1 aromatic rings. The van der Waals surface area contributed by atoms with Crippen molar-refractivity contribution in [3.8, 4) is 5.75 Å². The molecule has 1 fully saturated rings. The highest BCUT2D eigenvalue weighted by atomic mass is 35.5. The van der Waals surface area contributed by atoms with Crippen LogP contribution in [0.3, 0.4) is 0 Å². The minimum absolute atomic E-state index is 0.110. The molecule has 106 valence electrons. The van der Waals surface area contributed by atoms with Crippen molar-refractivity contribution in [1.82, 2.24) is 0 Å². The van der Waals surface area contributed by atoms with Crippen molar-refractivity contribution >= 4 is 23.2 Å². The predicted molar refractivity (Wildman–Crippen MR) is 81.0 cm³/mol. The molecule has 19 heavy (non-hydrogen) atoms. The molecule has 2 rings (SSSR count). The highest BCUT2D eigenvalue weighted by Gasteiger charge is 2.66. The molecule has 4 heteroatoms. The Morgan fingerprint density at radius 2 is 1.63 bits per heavy atom. The van der Waals surface area contributed by atoms with E-state index < -0.39 is 0 Å². The first-order valence-corrected chi connectivity index (χ1v) is 7.18. The number of rotatable bonds is 3. The minimum Gasteiger partial charge on any atom is -0.495 e. The fraction of sp³-hybridized carbons (Fsp3) is 0.600. The summed E-state index contributed by atoms with van der Waals surface area (Å²) >= 11 is 12.5. The van der Waals surface area contributed by atoms with Crippen molar-refractivity contribution in [2.75, 3.05) is 7.11 Å². The summed E-state index contributed by atoms with van der Waals surface area (Å²) in [6.07, 6.45) is 0. The van der Waals surface area contributed by atoms with E-state index in [2.05, 4.69) is 27.7 Å². The first kappa shape index (κ1) is 15.0. The largest absolute Gasteiger partial charge is 0.495 e. The average molecular weight is 302 g/mol. The molecule has 1 aromatic carbocycles. The lowest BCUT2D eigenvalue weighted by atomic mass is 9.97. The lowest BCUT2D eigenvalue weighted by molar-refractivity contribution is 0.414. The van der Waals surface area contributed by atoms with Gasteiger partial charge in [-0.15, -0.1) is 0 Å². The molecule has 1 aliphatic rings. The van der Waals surface area contributed by atoms with E-state index in [-0.39, 0.29) is 16.9 Å². The lowest BCUT2D eigenvalue weighted by Gasteiger charge is -2.17. The van der Waals surface area contributed by atoms with E-state index in [0.29, 0.717) is 21.7 Å². The zero-order valence-corrected chi connectivity index (χ0v) is 13.6. The molecule has 1 unspecified atom stereocenters. The molecular formula is C15H21Cl2NO. The van der Waals surface area contributed by atoms with Gasteiger partial charge in [0.15, 0.2) is 0 Å². The zero-order chi connectivity index (χ0) is 14.6. The normalized spacial score (nSPS) is 22.1. The van der Waals surface area contributed by atoms with Crippen molar-refractivity contribution in [2.45, 2.75) is 33.7 Å². The van der Waals surface area contributed by atoms with Crippen molar-refractivity contribution in [3.05, 3.63) is 27.7 Å². The molecule has 0 aliphatic heterocycles. The van der Waals surface area contributed by atoms with E-state index in [1.807, 2.05) is 6.07 Å². The Hall–Kier alpha value is -0.440. The van der Waals surface area contributed by atoms with E-state index in [9.17, 15) is 0 Å². The molecule has 1 aliphatic carbocycles. The predicted octanol–water partition coefficient (Wildman–Crippen LogP) is 4.68. The molecular weight excluding hydrogens is 281 g/mol. The van der Waals surface area contributed by atoms with E-state index in [1.165, 1.54) is 0 Å². The van der Waals surface area contributed by atoms with Crippen LogP contribution in [0.4, 0.5) is 0 Å². The van der Waals surface area contributed by atoms with Crippen LogP contribution >= 0.6 is 23.2 Å². The molecule has 1 saturated carbocycles. The Balaban J connectivity index is 2.36. The molecule has 0 aromatic heterocycles. The third-order valence-corrected chi connectivity index (χ3v) is 5.74. The van der Waals surface area contributed by atoms with Gasteiger partial charge in [-0.1, -0.05) is 50.9 Å². The van der Waals surface area contributed by atoms with Crippen LogP contribution in [0, 0.1) is 16.7 Å². The highest BCUT2D eigenvalue weighted by molar-refractivity contribution is 6.34. The summed E-state index contributed by atoms with van der Waals surface area (Å²) in [6.45, 7) is 8.99. The Kier molecular flexibility index (Phi) is 3.58. The standard InChI is InChI=1S/C15H21Cl2NO/c1-14(2)13(15(14,3)4)12(18)8-6-10(17)11(19-5)7-9(8)16/h6-7,12-13H,18H2,1-5H3. The number of hydrogen-bond acceptors (Lipinski definition) is 2. The summed E-state index contributed by atoms with van der Waals surface area (Å²) in [4.78, 5) is 0. The van der Waals surface area contributed by atoms with Crippen molar-refractivity contribution < 1.29 is 4.74 Å². The summed E-state index contributed by atoms with van der Waals surface area (Å²) in [5.41, 5.74) is 7.75. The number of halogens is 2. The first-order valence-electron chi connectivity index (χ1n) is 6.43. The molecule has 2 N–H and O–H groups in total. The maximum atomic E-state index is 6.43. The van der Waals surface area contributed by atoms with Crippen LogP contribution < -0.4 is 10.5 Å². The van der Waals surface area contributed by atoms with Gasteiger partial charge in [-0.2, -0.15) is 0 Å². The Bertz CT molecular complexity index is 497. The van der Waals surface area contributed by atoms with E-state index in [0.717, 1.165) is 5.56 Å². The van der Waals surface area contributed by atoms with Crippen LogP contribution in [0.2, 0.25) is 10.0 Å². The first-order chi connectivity index (χ1) is 8.64. The zero-order valence-electron chi connectivity index (χ0n) is 12.1. The van der Waals surface area contributed by atoms with Crippen LogP contribution in [-0.2, 0) is 0 Å². The van der Waals surface area contributed by atoms with Crippen LogP contribution in [0.1, 0.15) is 39.3 Å². The molecule has 0 radical (unpaired) electrons.